The maximum absolute atomic E-state index is 13.1. The summed E-state index contributed by atoms with van der Waals surface area (Å²) in [5.74, 6) is -0.272. The second-order valence-electron chi connectivity index (χ2n) is 7.17. The van der Waals surface area contributed by atoms with Gasteiger partial charge in [-0.05, 0) is 42.5 Å². The molecule has 1 amide bonds. The van der Waals surface area contributed by atoms with Gasteiger partial charge in [-0.25, -0.2) is 8.42 Å². The highest BCUT2D eigenvalue weighted by molar-refractivity contribution is 7.89. The zero-order valence-electron chi connectivity index (χ0n) is 16.5. The molecule has 2 aromatic rings. The topological polar surface area (TPSA) is 97.0 Å². The third-order valence-corrected chi connectivity index (χ3v) is 7.90. The van der Waals surface area contributed by atoms with Crippen LogP contribution in [-0.4, -0.2) is 64.2 Å². The zero-order valence-corrected chi connectivity index (χ0v) is 18.1. The van der Waals surface area contributed by atoms with Crippen LogP contribution in [0.25, 0.3) is 0 Å². The number of anilines is 2. The molecular formula is C20H25N3O5S2. The molecule has 0 bridgehead atoms. The Morgan fingerprint density at radius 2 is 2.00 bits per heavy atom. The molecule has 0 unspecified atom stereocenters. The molecule has 10 heteroatoms. The molecule has 1 aromatic heterocycles. The molecule has 1 aromatic carbocycles. The third-order valence-electron chi connectivity index (χ3n) is 5.14. The number of carbonyl (C=O) groups is 1. The van der Waals surface area contributed by atoms with E-state index in [4.69, 9.17) is 9.47 Å². The highest BCUT2D eigenvalue weighted by atomic mass is 32.2. The number of nitrogens with one attached hydrogen (secondary N) is 2. The van der Waals surface area contributed by atoms with E-state index in [0.29, 0.717) is 49.1 Å². The number of hydrogen-bond donors (Lipinski definition) is 2. The minimum absolute atomic E-state index is 0.114. The summed E-state index contributed by atoms with van der Waals surface area (Å²) < 4.78 is 38.4. The third kappa shape index (κ3) is 4.84. The average molecular weight is 452 g/mol. The van der Waals surface area contributed by atoms with Crippen LogP contribution in [0.1, 0.15) is 22.5 Å². The van der Waals surface area contributed by atoms with Crippen molar-refractivity contribution in [2.75, 3.05) is 50.1 Å². The minimum Gasteiger partial charge on any atom is -0.381 e. The number of rotatable bonds is 7. The molecule has 2 aliphatic heterocycles. The summed E-state index contributed by atoms with van der Waals surface area (Å²) in [5, 5.41) is 7.99. The van der Waals surface area contributed by atoms with E-state index in [9.17, 15) is 13.2 Å². The first-order chi connectivity index (χ1) is 14.5. The quantitative estimate of drug-likeness (QED) is 0.672. The highest BCUT2D eigenvalue weighted by Crippen LogP contribution is 2.29. The fourth-order valence-corrected chi connectivity index (χ4v) is 5.55. The van der Waals surface area contributed by atoms with Gasteiger partial charge in [0.15, 0.2) is 0 Å². The zero-order chi connectivity index (χ0) is 21.0. The Balaban J connectivity index is 1.59. The molecule has 2 fully saturated rings. The van der Waals surface area contributed by atoms with Crippen LogP contribution in [0, 0.1) is 0 Å². The van der Waals surface area contributed by atoms with Crippen molar-refractivity contribution in [3.8, 4) is 0 Å². The van der Waals surface area contributed by atoms with E-state index >= 15 is 0 Å². The molecule has 8 nitrogen and oxygen atoms in total. The molecule has 2 N–H and O–H groups in total. The smallest absolute Gasteiger partial charge is 0.265 e. The van der Waals surface area contributed by atoms with Crippen LogP contribution in [0.15, 0.2) is 40.6 Å². The van der Waals surface area contributed by atoms with Crippen LogP contribution in [-0.2, 0) is 19.5 Å². The molecule has 0 saturated carbocycles. The Kier molecular flexibility index (Phi) is 6.69. The van der Waals surface area contributed by atoms with E-state index in [-0.39, 0.29) is 16.9 Å². The summed E-state index contributed by atoms with van der Waals surface area (Å²) >= 11 is 1.33. The summed E-state index contributed by atoms with van der Waals surface area (Å²) in [6.45, 7) is 2.74. The van der Waals surface area contributed by atoms with Crippen LogP contribution in [0.5, 0.6) is 0 Å². The Bertz CT molecular complexity index is 966. The molecule has 0 aliphatic carbocycles. The van der Waals surface area contributed by atoms with Gasteiger partial charge in [0.1, 0.15) is 0 Å². The molecule has 2 aliphatic rings. The van der Waals surface area contributed by atoms with E-state index in [1.807, 2.05) is 5.38 Å². The Morgan fingerprint density at radius 1 is 1.17 bits per heavy atom. The van der Waals surface area contributed by atoms with Crippen LogP contribution < -0.4 is 10.6 Å². The van der Waals surface area contributed by atoms with Crippen molar-refractivity contribution in [2.24, 2.45) is 0 Å². The van der Waals surface area contributed by atoms with E-state index in [0.717, 1.165) is 19.4 Å². The van der Waals surface area contributed by atoms with Gasteiger partial charge in [0.2, 0.25) is 10.0 Å². The van der Waals surface area contributed by atoms with Crippen molar-refractivity contribution < 1.29 is 22.7 Å². The van der Waals surface area contributed by atoms with Gasteiger partial charge in [0, 0.05) is 26.2 Å². The largest absolute Gasteiger partial charge is 0.381 e. The highest BCUT2D eigenvalue weighted by Gasteiger charge is 2.27. The number of sulfonamides is 1. The summed E-state index contributed by atoms with van der Waals surface area (Å²) in [5.41, 5.74) is 1.09. The van der Waals surface area contributed by atoms with Gasteiger partial charge >= 0.3 is 0 Å². The number of thiophene rings is 1. The molecule has 4 rings (SSSR count). The normalized spacial score (nSPS) is 20.2. The van der Waals surface area contributed by atoms with Gasteiger partial charge in [-0.3, -0.25) is 4.79 Å². The Hall–Kier alpha value is -1.98. The predicted molar refractivity (Wildman–Crippen MR) is 116 cm³/mol. The number of benzene rings is 1. The van der Waals surface area contributed by atoms with E-state index in [1.54, 1.807) is 24.3 Å². The van der Waals surface area contributed by atoms with E-state index in [1.165, 1.54) is 21.7 Å². The van der Waals surface area contributed by atoms with Gasteiger partial charge in [0.05, 0.1) is 40.5 Å². The van der Waals surface area contributed by atoms with E-state index < -0.39 is 10.0 Å². The standard InChI is InChI=1S/C20H25N3O5S2/c24-20(19-4-2-12-29-19)22-18-13-16(30(25,26)23-7-10-27-11-8-23)5-6-17(18)21-14-15-3-1-9-28-15/h2,4-6,12-13,15,21H,1,3,7-11,14H2,(H,22,24)/t15-/m1/s1. The first-order valence-electron chi connectivity index (χ1n) is 9.96. The van der Waals surface area contributed by atoms with Crippen LogP contribution >= 0.6 is 11.3 Å². The summed E-state index contributed by atoms with van der Waals surface area (Å²) in [4.78, 5) is 13.3. The maximum Gasteiger partial charge on any atom is 0.265 e. The summed E-state index contributed by atoms with van der Waals surface area (Å²) in [6, 6.07) is 8.33. The van der Waals surface area contributed by atoms with Gasteiger partial charge in [-0.2, -0.15) is 4.31 Å². The second-order valence-corrected chi connectivity index (χ2v) is 10.1. The average Bonchev–Trinajstić information content (AvgIpc) is 3.47. The SMILES string of the molecule is O=C(Nc1cc(S(=O)(=O)N2CCOCC2)ccc1NC[C@H]1CCCO1)c1cccs1. The van der Waals surface area contributed by atoms with Crippen molar-refractivity contribution in [3.05, 3.63) is 40.6 Å². The molecular weight excluding hydrogens is 426 g/mol. The number of nitrogens with zero attached hydrogens (tertiary/aromatic N) is 1. The van der Waals surface area contributed by atoms with Gasteiger partial charge in [-0.1, -0.05) is 6.07 Å². The van der Waals surface area contributed by atoms with E-state index in [2.05, 4.69) is 10.6 Å². The molecule has 30 heavy (non-hydrogen) atoms. The fourth-order valence-electron chi connectivity index (χ4n) is 3.50. The molecule has 1 atom stereocenters. The number of carbonyl (C=O) groups excluding carboxylic acids is 1. The molecule has 162 valence electrons. The van der Waals surface area contributed by atoms with Crippen molar-refractivity contribution in [1.29, 1.82) is 0 Å². The molecule has 0 spiro atoms. The monoisotopic (exact) mass is 451 g/mol. The lowest BCUT2D eigenvalue weighted by Crippen LogP contribution is -2.40. The lowest BCUT2D eigenvalue weighted by atomic mass is 10.2. The van der Waals surface area contributed by atoms with Crippen LogP contribution in [0.2, 0.25) is 0 Å². The molecule has 3 heterocycles. The van der Waals surface area contributed by atoms with Gasteiger partial charge in [-0.15, -0.1) is 11.3 Å². The minimum atomic E-state index is -3.67. The number of amides is 1. The number of ether oxygens (including phenoxy) is 2. The molecule has 0 radical (unpaired) electrons. The number of morpholine rings is 1. The van der Waals surface area contributed by atoms with Crippen molar-refractivity contribution >= 4 is 38.6 Å². The second kappa shape index (κ2) is 9.44. The Morgan fingerprint density at radius 3 is 2.70 bits per heavy atom. The summed E-state index contributed by atoms with van der Waals surface area (Å²) in [7, 11) is -3.67. The molecule has 2 saturated heterocycles. The van der Waals surface area contributed by atoms with Gasteiger partial charge < -0.3 is 20.1 Å². The van der Waals surface area contributed by atoms with Gasteiger partial charge in [0.25, 0.3) is 5.91 Å². The predicted octanol–water partition coefficient (Wildman–Crippen LogP) is 2.61. The maximum atomic E-state index is 13.1. The Labute approximate surface area is 180 Å². The fraction of sp³-hybridized carbons (Fsp3) is 0.450. The first kappa shape index (κ1) is 21.3. The van der Waals surface area contributed by atoms with Crippen LogP contribution in [0.4, 0.5) is 11.4 Å². The number of hydrogen-bond acceptors (Lipinski definition) is 7. The van der Waals surface area contributed by atoms with Crippen molar-refractivity contribution in [3.63, 3.8) is 0 Å². The lowest BCUT2D eigenvalue weighted by Gasteiger charge is -2.26. The van der Waals surface area contributed by atoms with Crippen LogP contribution in [0.3, 0.4) is 0 Å². The van der Waals surface area contributed by atoms with Crippen molar-refractivity contribution in [1.82, 2.24) is 4.31 Å². The summed E-state index contributed by atoms with van der Waals surface area (Å²) in [6.07, 6.45) is 2.13. The van der Waals surface area contributed by atoms with Crippen molar-refractivity contribution in [2.45, 2.75) is 23.8 Å². The first-order valence-corrected chi connectivity index (χ1v) is 12.3. The lowest BCUT2D eigenvalue weighted by molar-refractivity contribution is 0.0730.